The summed E-state index contributed by atoms with van der Waals surface area (Å²) in [6.07, 6.45) is 1.47. The average molecular weight is 508 g/mol. The summed E-state index contributed by atoms with van der Waals surface area (Å²) in [5.74, 6) is 1.24. The number of ether oxygens (including phenoxy) is 2. The van der Waals surface area contributed by atoms with E-state index in [2.05, 4.69) is 5.32 Å². The Hall–Kier alpha value is -3.58. The molecule has 2 amide bonds. The van der Waals surface area contributed by atoms with E-state index in [1.807, 2.05) is 48.2 Å². The first kappa shape index (κ1) is 25.5. The van der Waals surface area contributed by atoms with Gasteiger partial charge in [-0.2, -0.15) is 0 Å². The average Bonchev–Trinajstić information content (AvgIpc) is 2.91. The minimum absolute atomic E-state index is 0.0209. The van der Waals surface area contributed by atoms with Gasteiger partial charge in [-0.15, -0.1) is 0 Å². The Labute approximate surface area is 216 Å². The topological polar surface area (TPSA) is 80.8 Å². The molecule has 2 aromatic carbocycles. The number of benzene rings is 2. The zero-order valence-electron chi connectivity index (χ0n) is 20.5. The molecule has 7 nitrogen and oxygen atoms in total. The highest BCUT2D eigenvalue weighted by Crippen LogP contribution is 2.30. The highest BCUT2D eigenvalue weighted by atomic mass is 35.5. The summed E-state index contributed by atoms with van der Waals surface area (Å²) in [4.78, 5) is 32.3. The van der Waals surface area contributed by atoms with Crippen molar-refractivity contribution in [3.05, 3.63) is 88.2 Å². The van der Waals surface area contributed by atoms with E-state index >= 15 is 0 Å². The van der Waals surface area contributed by atoms with Gasteiger partial charge in [0.1, 0.15) is 11.5 Å². The minimum Gasteiger partial charge on any atom is -0.497 e. The number of carbonyl (C=O) groups excluding carboxylic acids is 2. The van der Waals surface area contributed by atoms with Crippen LogP contribution in [0.4, 0.5) is 0 Å². The number of amides is 2. The summed E-state index contributed by atoms with van der Waals surface area (Å²) < 4.78 is 10.9. The van der Waals surface area contributed by atoms with Gasteiger partial charge in [-0.25, -0.2) is 0 Å². The van der Waals surface area contributed by atoms with Crippen LogP contribution in [0.3, 0.4) is 0 Å². The molecule has 188 valence electrons. The number of piperidine rings is 1. The first-order chi connectivity index (χ1) is 17.4. The van der Waals surface area contributed by atoms with Gasteiger partial charge in [0.2, 0.25) is 0 Å². The number of likely N-dealkylation sites (tertiary alicyclic amines) is 1. The van der Waals surface area contributed by atoms with E-state index in [0.29, 0.717) is 36.0 Å². The van der Waals surface area contributed by atoms with Crippen LogP contribution in [0.15, 0.2) is 60.7 Å². The molecule has 8 heteroatoms. The molecule has 1 N–H and O–H groups in total. The summed E-state index contributed by atoms with van der Waals surface area (Å²) >= 11 is 5.89. The maximum Gasteiger partial charge on any atom is 0.260 e. The van der Waals surface area contributed by atoms with Crippen molar-refractivity contribution in [2.45, 2.75) is 32.2 Å². The number of aromatic nitrogens is 1. The van der Waals surface area contributed by atoms with Crippen molar-refractivity contribution >= 4 is 23.4 Å². The molecule has 1 fully saturated rings. The fraction of sp³-hybridized carbons (Fsp3) is 0.321. The maximum absolute atomic E-state index is 13.1. The smallest absolute Gasteiger partial charge is 0.260 e. The molecule has 4 rings (SSSR count). The van der Waals surface area contributed by atoms with Gasteiger partial charge in [-0.3, -0.25) is 14.6 Å². The van der Waals surface area contributed by atoms with E-state index in [1.54, 1.807) is 31.4 Å². The highest BCUT2D eigenvalue weighted by molar-refractivity contribution is 6.30. The number of carbonyl (C=O) groups is 2. The van der Waals surface area contributed by atoms with Gasteiger partial charge in [-0.05, 0) is 73.9 Å². The molecule has 1 saturated heterocycles. The predicted octanol–water partition coefficient (Wildman–Crippen LogP) is 4.77. The third kappa shape index (κ3) is 6.55. The molecular weight excluding hydrogens is 478 g/mol. The highest BCUT2D eigenvalue weighted by Gasteiger charge is 2.28. The Balaban J connectivity index is 1.35. The third-order valence-electron chi connectivity index (χ3n) is 6.31. The van der Waals surface area contributed by atoms with Crippen molar-refractivity contribution in [2.24, 2.45) is 0 Å². The second kappa shape index (κ2) is 11.9. The van der Waals surface area contributed by atoms with Gasteiger partial charge in [0.15, 0.2) is 6.61 Å². The number of halogens is 1. The molecule has 0 spiro atoms. The van der Waals surface area contributed by atoms with E-state index in [-0.39, 0.29) is 24.3 Å². The summed E-state index contributed by atoms with van der Waals surface area (Å²) in [5, 5.41) is 3.62. The second-order valence-electron chi connectivity index (χ2n) is 8.82. The molecule has 1 aliphatic heterocycles. The fourth-order valence-corrected chi connectivity index (χ4v) is 4.44. The fourth-order valence-electron chi connectivity index (χ4n) is 4.31. The second-order valence-corrected chi connectivity index (χ2v) is 9.25. The SMILES string of the molecule is COc1cccc(CNC(=O)c2ccc(C)nc2C2CCN(C(=O)COc3ccc(Cl)cc3)CC2)c1. The van der Waals surface area contributed by atoms with E-state index in [9.17, 15) is 9.59 Å². The molecule has 0 radical (unpaired) electrons. The van der Waals surface area contributed by atoms with E-state index in [4.69, 9.17) is 26.1 Å². The van der Waals surface area contributed by atoms with Crippen molar-refractivity contribution in [1.29, 1.82) is 0 Å². The molecule has 3 aromatic rings. The van der Waals surface area contributed by atoms with E-state index in [0.717, 1.165) is 35.5 Å². The van der Waals surface area contributed by atoms with Crippen LogP contribution in [0.1, 0.15) is 46.1 Å². The Bertz CT molecular complexity index is 1210. The number of nitrogens with one attached hydrogen (secondary N) is 1. The molecule has 1 aromatic heterocycles. The Morgan fingerprint density at radius 1 is 1.06 bits per heavy atom. The van der Waals surface area contributed by atoms with Crippen LogP contribution in [0, 0.1) is 6.92 Å². The molecule has 2 heterocycles. The molecule has 0 aliphatic carbocycles. The molecule has 0 unspecified atom stereocenters. The van der Waals surface area contributed by atoms with Crippen LogP contribution in [0.5, 0.6) is 11.5 Å². The lowest BCUT2D eigenvalue weighted by Crippen LogP contribution is -2.41. The first-order valence-corrected chi connectivity index (χ1v) is 12.4. The minimum atomic E-state index is -0.157. The molecule has 0 bridgehead atoms. The van der Waals surface area contributed by atoms with Crippen molar-refractivity contribution in [3.63, 3.8) is 0 Å². The molecule has 36 heavy (non-hydrogen) atoms. The maximum atomic E-state index is 13.1. The van der Waals surface area contributed by atoms with Crippen molar-refractivity contribution in [1.82, 2.24) is 15.2 Å². The largest absolute Gasteiger partial charge is 0.497 e. The monoisotopic (exact) mass is 507 g/mol. The summed E-state index contributed by atoms with van der Waals surface area (Å²) in [7, 11) is 1.62. The zero-order chi connectivity index (χ0) is 25.5. The number of methoxy groups -OCH3 is 1. The van der Waals surface area contributed by atoms with Gasteiger partial charge < -0.3 is 19.7 Å². The molecular formula is C28H30ClN3O4. The lowest BCUT2D eigenvalue weighted by molar-refractivity contribution is -0.134. The quantitative estimate of drug-likeness (QED) is 0.475. The number of hydrogen-bond donors (Lipinski definition) is 1. The predicted molar refractivity (Wildman–Crippen MR) is 139 cm³/mol. The number of nitrogens with zero attached hydrogens (tertiary/aromatic N) is 2. The van der Waals surface area contributed by atoms with Crippen molar-refractivity contribution in [2.75, 3.05) is 26.8 Å². The Morgan fingerprint density at radius 3 is 2.53 bits per heavy atom. The van der Waals surface area contributed by atoms with E-state index in [1.165, 1.54) is 0 Å². The zero-order valence-corrected chi connectivity index (χ0v) is 21.3. The first-order valence-electron chi connectivity index (χ1n) is 12.0. The van der Waals surface area contributed by atoms with Crippen LogP contribution < -0.4 is 14.8 Å². The van der Waals surface area contributed by atoms with Crippen LogP contribution in [-0.4, -0.2) is 48.5 Å². The number of rotatable bonds is 8. The third-order valence-corrected chi connectivity index (χ3v) is 6.56. The molecule has 0 atom stereocenters. The van der Waals surface area contributed by atoms with Crippen molar-refractivity contribution in [3.8, 4) is 11.5 Å². The molecule has 1 aliphatic rings. The van der Waals surface area contributed by atoms with Crippen LogP contribution in [0.2, 0.25) is 5.02 Å². The summed E-state index contributed by atoms with van der Waals surface area (Å²) in [6, 6.07) is 18.3. The van der Waals surface area contributed by atoms with Crippen LogP contribution in [0.25, 0.3) is 0 Å². The van der Waals surface area contributed by atoms with Gasteiger partial charge in [0.25, 0.3) is 11.8 Å². The lowest BCUT2D eigenvalue weighted by Gasteiger charge is -2.32. The van der Waals surface area contributed by atoms with Gasteiger partial charge >= 0.3 is 0 Å². The van der Waals surface area contributed by atoms with E-state index < -0.39 is 0 Å². The summed E-state index contributed by atoms with van der Waals surface area (Å²) in [5.41, 5.74) is 3.20. The number of aryl methyl sites for hydroxylation is 1. The number of pyridine rings is 1. The standard InChI is InChI=1S/C28H30ClN3O4/c1-19-6-11-25(28(34)30-17-20-4-3-5-24(16-20)35-2)27(31-19)21-12-14-32(15-13-21)26(33)18-36-23-9-7-22(29)8-10-23/h3-11,16,21H,12-15,17-18H2,1-2H3,(H,30,34). The van der Waals surface area contributed by atoms with Gasteiger partial charge in [0, 0.05) is 36.3 Å². The number of hydrogen-bond acceptors (Lipinski definition) is 5. The Morgan fingerprint density at radius 2 is 1.81 bits per heavy atom. The van der Waals surface area contributed by atoms with Gasteiger partial charge in [0.05, 0.1) is 18.4 Å². The lowest BCUT2D eigenvalue weighted by atomic mass is 9.89. The summed E-state index contributed by atoms with van der Waals surface area (Å²) in [6.45, 7) is 3.48. The van der Waals surface area contributed by atoms with Crippen LogP contribution >= 0.6 is 11.6 Å². The van der Waals surface area contributed by atoms with Crippen molar-refractivity contribution < 1.29 is 19.1 Å². The van der Waals surface area contributed by atoms with Gasteiger partial charge in [-0.1, -0.05) is 23.7 Å². The van der Waals surface area contributed by atoms with Crippen LogP contribution in [-0.2, 0) is 11.3 Å². The normalized spacial score (nSPS) is 13.8. The Kier molecular flexibility index (Phi) is 8.44. The molecule has 0 saturated carbocycles.